The molecule has 6 nitrogen and oxygen atoms in total. The highest BCUT2D eigenvalue weighted by atomic mass is 16.5. The van der Waals surface area contributed by atoms with Crippen LogP contribution >= 0.6 is 0 Å². The third-order valence-corrected chi connectivity index (χ3v) is 4.72. The van der Waals surface area contributed by atoms with Gasteiger partial charge in [-0.15, -0.1) is 0 Å². The van der Waals surface area contributed by atoms with Crippen molar-refractivity contribution in [1.82, 2.24) is 9.88 Å². The molecule has 2 N–H and O–H groups in total. The van der Waals surface area contributed by atoms with Crippen LogP contribution in [-0.4, -0.2) is 52.8 Å². The lowest BCUT2D eigenvalue weighted by Gasteiger charge is -2.42. The number of nitrogens with one attached hydrogen (secondary N) is 1. The van der Waals surface area contributed by atoms with Crippen molar-refractivity contribution >= 4 is 5.91 Å². The summed E-state index contributed by atoms with van der Waals surface area (Å²) in [4.78, 5) is 29.2. The lowest BCUT2D eigenvalue weighted by atomic mass is 9.92. The molecule has 6 heteroatoms. The van der Waals surface area contributed by atoms with E-state index >= 15 is 0 Å². The molecule has 2 heterocycles. The van der Waals surface area contributed by atoms with E-state index in [9.17, 15) is 14.7 Å². The zero-order valence-corrected chi connectivity index (χ0v) is 15.1. The Morgan fingerprint density at radius 2 is 2.12 bits per heavy atom. The third-order valence-electron chi connectivity index (χ3n) is 4.72. The van der Waals surface area contributed by atoms with Crippen LogP contribution in [0.25, 0.3) is 0 Å². The summed E-state index contributed by atoms with van der Waals surface area (Å²) in [7, 11) is 0. The minimum atomic E-state index is -0.862. The molecule has 1 atom stereocenters. The van der Waals surface area contributed by atoms with Gasteiger partial charge in [0.2, 0.25) is 0 Å². The Hall–Kier alpha value is -2.44. The van der Waals surface area contributed by atoms with Gasteiger partial charge >= 0.3 is 0 Å². The van der Waals surface area contributed by atoms with Crippen molar-refractivity contribution in [2.45, 2.75) is 25.9 Å². The standard InChI is InChI=1S/C20H24N2O4/c1-14-4-3-5-16(10-14)11-20(13-23)12-22(8-9-26-20)19(25)17-7-6-15(2)21-18(17)24/h3-7,10,23H,8-9,11-13H2,1-2H3,(H,21,24)/t20-/m0/s1. The maximum atomic E-state index is 12.8. The fraction of sp³-hybridized carbons (Fsp3) is 0.400. The Morgan fingerprint density at radius 1 is 1.31 bits per heavy atom. The number of aliphatic hydroxyl groups is 1. The van der Waals surface area contributed by atoms with Gasteiger partial charge in [-0.05, 0) is 31.5 Å². The Morgan fingerprint density at radius 3 is 2.81 bits per heavy atom. The second-order valence-corrected chi connectivity index (χ2v) is 6.97. The molecule has 1 aliphatic heterocycles. The molecule has 3 rings (SSSR count). The van der Waals surface area contributed by atoms with Gasteiger partial charge in [0.1, 0.15) is 11.2 Å². The Kier molecular flexibility index (Phi) is 5.25. The van der Waals surface area contributed by atoms with E-state index in [4.69, 9.17) is 4.74 Å². The number of hydrogen-bond donors (Lipinski definition) is 2. The summed E-state index contributed by atoms with van der Waals surface area (Å²) in [5.74, 6) is -0.336. The van der Waals surface area contributed by atoms with Crippen LogP contribution in [0.5, 0.6) is 0 Å². The second-order valence-electron chi connectivity index (χ2n) is 6.97. The van der Waals surface area contributed by atoms with Crippen LogP contribution in [0, 0.1) is 13.8 Å². The number of hydrogen-bond acceptors (Lipinski definition) is 4. The molecule has 1 aromatic carbocycles. The van der Waals surface area contributed by atoms with Crippen molar-refractivity contribution in [3.63, 3.8) is 0 Å². The first-order valence-corrected chi connectivity index (χ1v) is 8.72. The molecule has 0 saturated carbocycles. The largest absolute Gasteiger partial charge is 0.393 e. The number of aromatic amines is 1. The predicted molar refractivity (Wildman–Crippen MR) is 98.4 cm³/mol. The van der Waals surface area contributed by atoms with E-state index in [1.165, 1.54) is 0 Å². The zero-order valence-electron chi connectivity index (χ0n) is 15.1. The van der Waals surface area contributed by atoms with Gasteiger partial charge < -0.3 is 19.7 Å². The van der Waals surface area contributed by atoms with Gasteiger partial charge in [0.05, 0.1) is 19.8 Å². The number of nitrogens with zero attached hydrogens (tertiary/aromatic N) is 1. The summed E-state index contributed by atoms with van der Waals surface area (Å²) in [5.41, 5.74) is 1.73. The first-order chi connectivity index (χ1) is 12.4. The Balaban J connectivity index is 1.82. The predicted octanol–water partition coefficient (Wildman–Crippen LogP) is 1.44. The minimum absolute atomic E-state index is 0.111. The average molecular weight is 356 g/mol. The van der Waals surface area contributed by atoms with Gasteiger partial charge in [0.25, 0.3) is 11.5 Å². The molecule has 0 spiro atoms. The SMILES string of the molecule is Cc1cccc(C[C@@]2(CO)CN(C(=O)c3ccc(C)[nH]c3=O)CCO2)c1. The molecule has 1 aliphatic rings. The molecular formula is C20H24N2O4. The van der Waals surface area contributed by atoms with E-state index in [1.54, 1.807) is 24.0 Å². The van der Waals surface area contributed by atoms with E-state index in [0.29, 0.717) is 25.3 Å². The first kappa shape index (κ1) is 18.4. The number of pyridine rings is 1. The fourth-order valence-electron chi connectivity index (χ4n) is 3.38. The van der Waals surface area contributed by atoms with Crippen LogP contribution in [0.1, 0.15) is 27.2 Å². The van der Waals surface area contributed by atoms with Crippen LogP contribution in [0.2, 0.25) is 0 Å². The smallest absolute Gasteiger partial charge is 0.260 e. The van der Waals surface area contributed by atoms with Crippen LogP contribution in [0.15, 0.2) is 41.2 Å². The molecule has 0 aliphatic carbocycles. The number of carbonyl (C=O) groups is 1. The van der Waals surface area contributed by atoms with Crippen molar-refractivity contribution in [2.75, 3.05) is 26.3 Å². The lowest BCUT2D eigenvalue weighted by molar-refractivity contribution is -0.123. The van der Waals surface area contributed by atoms with Gasteiger partial charge in [-0.1, -0.05) is 29.8 Å². The number of aromatic nitrogens is 1. The number of rotatable bonds is 4. The summed E-state index contributed by atoms with van der Waals surface area (Å²) in [6, 6.07) is 11.3. The molecule has 1 aromatic heterocycles. The van der Waals surface area contributed by atoms with E-state index in [0.717, 1.165) is 11.1 Å². The van der Waals surface area contributed by atoms with Crippen molar-refractivity contribution in [3.05, 3.63) is 69.1 Å². The molecule has 2 aromatic rings. The van der Waals surface area contributed by atoms with Gasteiger partial charge in [0, 0.05) is 18.7 Å². The van der Waals surface area contributed by atoms with Crippen molar-refractivity contribution in [3.8, 4) is 0 Å². The number of H-pyrrole nitrogens is 1. The van der Waals surface area contributed by atoms with Gasteiger partial charge in [0.15, 0.2) is 0 Å². The maximum Gasteiger partial charge on any atom is 0.260 e. The van der Waals surface area contributed by atoms with Crippen molar-refractivity contribution < 1.29 is 14.6 Å². The number of aryl methyl sites for hydroxylation is 2. The molecule has 1 fully saturated rings. The van der Waals surface area contributed by atoms with E-state index in [2.05, 4.69) is 4.98 Å². The maximum absolute atomic E-state index is 12.8. The van der Waals surface area contributed by atoms with Gasteiger partial charge in [-0.25, -0.2) is 0 Å². The molecule has 138 valence electrons. The van der Waals surface area contributed by atoms with E-state index in [1.807, 2.05) is 31.2 Å². The Bertz CT molecular complexity index is 861. The number of ether oxygens (including phenoxy) is 1. The number of amides is 1. The van der Waals surface area contributed by atoms with Gasteiger partial charge in [-0.3, -0.25) is 9.59 Å². The summed E-state index contributed by atoms with van der Waals surface area (Å²) in [6.45, 7) is 4.53. The number of benzene rings is 1. The number of morpholine rings is 1. The third kappa shape index (κ3) is 3.86. The van der Waals surface area contributed by atoms with Crippen LogP contribution in [0.3, 0.4) is 0 Å². The summed E-state index contributed by atoms with van der Waals surface area (Å²) in [5, 5.41) is 10.0. The number of carbonyl (C=O) groups excluding carboxylic acids is 1. The lowest BCUT2D eigenvalue weighted by Crippen LogP contribution is -2.57. The molecule has 1 saturated heterocycles. The van der Waals surface area contributed by atoms with E-state index in [-0.39, 0.29) is 24.6 Å². The second kappa shape index (κ2) is 7.43. The van der Waals surface area contributed by atoms with Crippen molar-refractivity contribution in [1.29, 1.82) is 0 Å². The molecular weight excluding hydrogens is 332 g/mol. The number of aliphatic hydroxyl groups excluding tert-OH is 1. The topological polar surface area (TPSA) is 82.6 Å². The molecule has 0 radical (unpaired) electrons. The first-order valence-electron chi connectivity index (χ1n) is 8.72. The highest BCUT2D eigenvalue weighted by molar-refractivity contribution is 5.94. The molecule has 0 unspecified atom stereocenters. The highest BCUT2D eigenvalue weighted by Crippen LogP contribution is 2.24. The quantitative estimate of drug-likeness (QED) is 0.868. The summed E-state index contributed by atoms with van der Waals surface area (Å²) < 4.78 is 5.89. The molecule has 1 amide bonds. The summed E-state index contributed by atoms with van der Waals surface area (Å²) >= 11 is 0. The Labute approximate surface area is 152 Å². The highest BCUT2D eigenvalue weighted by Gasteiger charge is 2.38. The summed E-state index contributed by atoms with van der Waals surface area (Å²) in [6.07, 6.45) is 0.499. The fourth-order valence-corrected chi connectivity index (χ4v) is 3.38. The molecule has 0 bridgehead atoms. The van der Waals surface area contributed by atoms with Crippen LogP contribution < -0.4 is 5.56 Å². The van der Waals surface area contributed by atoms with E-state index < -0.39 is 11.2 Å². The van der Waals surface area contributed by atoms with Gasteiger partial charge in [-0.2, -0.15) is 0 Å². The monoisotopic (exact) mass is 356 g/mol. The zero-order chi connectivity index (χ0) is 18.7. The van der Waals surface area contributed by atoms with Crippen molar-refractivity contribution in [2.24, 2.45) is 0 Å². The average Bonchev–Trinajstić information content (AvgIpc) is 2.61. The normalized spacial score (nSPS) is 20.2. The minimum Gasteiger partial charge on any atom is -0.393 e. The van der Waals surface area contributed by atoms with Crippen LogP contribution in [0.4, 0.5) is 0 Å². The van der Waals surface area contributed by atoms with Crippen LogP contribution in [-0.2, 0) is 11.2 Å². The molecule has 26 heavy (non-hydrogen) atoms.